The van der Waals surface area contributed by atoms with Gasteiger partial charge in [0.05, 0.1) is 20.2 Å². The zero-order valence-corrected chi connectivity index (χ0v) is 20.9. The highest BCUT2D eigenvalue weighted by atomic mass is 32.2. The third-order valence-corrected chi connectivity index (χ3v) is 9.49. The van der Waals surface area contributed by atoms with Gasteiger partial charge in [-0.25, -0.2) is 17.2 Å². The van der Waals surface area contributed by atoms with Gasteiger partial charge in [0.15, 0.2) is 5.78 Å². The molecule has 0 heterocycles. The molecule has 0 aliphatic rings. The molecule has 0 unspecified atom stereocenters. The van der Waals surface area contributed by atoms with Crippen molar-refractivity contribution in [2.75, 3.05) is 0 Å². The Balaban J connectivity index is 2.31. The number of hydrogen-bond donors (Lipinski definition) is 3. The van der Waals surface area contributed by atoms with E-state index in [0.717, 1.165) is 6.07 Å². The fourth-order valence-electron chi connectivity index (χ4n) is 3.09. The highest BCUT2D eigenvalue weighted by molar-refractivity contribution is 7.94. The number of halogens is 2. The quantitative estimate of drug-likeness (QED) is 0.262. The van der Waals surface area contributed by atoms with Crippen molar-refractivity contribution in [2.24, 2.45) is 0 Å². The average molecular weight is 599 g/mol. The molecule has 0 saturated carbocycles. The van der Waals surface area contributed by atoms with E-state index >= 15 is 0 Å². The summed E-state index contributed by atoms with van der Waals surface area (Å²) in [5.74, 6) is -3.63. The third kappa shape index (κ3) is 5.74. The van der Waals surface area contributed by atoms with Crippen molar-refractivity contribution in [2.45, 2.75) is 24.5 Å². The van der Waals surface area contributed by atoms with E-state index in [0.29, 0.717) is 42.5 Å². The van der Waals surface area contributed by atoms with Gasteiger partial charge in [0.25, 0.3) is 30.4 Å². The number of ketones is 1. The summed E-state index contributed by atoms with van der Waals surface area (Å²) in [7, 11) is -21.4. The molecule has 0 fully saturated rings. The molecule has 18 heteroatoms. The molecular weight excluding hydrogens is 586 g/mol. The molecule has 3 N–H and O–H groups in total. The lowest BCUT2D eigenvalue weighted by molar-refractivity contribution is 0.103. The topological polar surface area (TPSA) is 214 Å². The fourth-order valence-corrected chi connectivity index (χ4v) is 7.54. The summed E-state index contributed by atoms with van der Waals surface area (Å²) in [6.07, 6.45) is 0. The minimum absolute atomic E-state index is 0.0832. The Hall–Kier alpha value is -3.13. The van der Waals surface area contributed by atoms with Gasteiger partial charge in [0.1, 0.15) is 21.4 Å². The van der Waals surface area contributed by atoms with Crippen LogP contribution in [-0.4, -0.2) is 53.1 Å². The monoisotopic (exact) mass is 598 g/mol. The van der Waals surface area contributed by atoms with Gasteiger partial charge in [0.2, 0.25) is 9.84 Å². The number of carbonyl (C=O) groups excluding carboxylic acids is 1. The summed E-state index contributed by atoms with van der Waals surface area (Å²) in [5.41, 5.74) is -1.43. The summed E-state index contributed by atoms with van der Waals surface area (Å²) >= 11 is 0. The number of carbonyl (C=O) groups is 1. The van der Waals surface area contributed by atoms with Gasteiger partial charge in [-0.2, -0.15) is 25.3 Å². The van der Waals surface area contributed by atoms with Gasteiger partial charge in [-0.1, -0.05) is 0 Å². The van der Waals surface area contributed by atoms with Crippen LogP contribution < -0.4 is 0 Å². The Labute approximate surface area is 208 Å². The van der Waals surface area contributed by atoms with Crippen LogP contribution in [0, 0.1) is 11.6 Å². The summed E-state index contributed by atoms with van der Waals surface area (Å²) in [5, 5.41) is 0. The van der Waals surface area contributed by atoms with E-state index < -0.39 is 93.2 Å². The minimum Gasteiger partial charge on any atom is -0.288 e. The first kappa shape index (κ1) is 28.4. The maximum Gasteiger partial charge on any atom is 0.295 e. The van der Waals surface area contributed by atoms with Crippen molar-refractivity contribution in [1.29, 1.82) is 0 Å². The first-order valence-electron chi connectivity index (χ1n) is 9.20. The van der Waals surface area contributed by atoms with Crippen LogP contribution in [0.25, 0.3) is 0 Å². The maximum atomic E-state index is 14.0. The molecular formula is C19H12F2O12S4. The van der Waals surface area contributed by atoms with E-state index in [-0.39, 0.29) is 6.07 Å². The van der Waals surface area contributed by atoms with Gasteiger partial charge < -0.3 is 0 Å². The van der Waals surface area contributed by atoms with Crippen LogP contribution in [0.5, 0.6) is 0 Å². The Morgan fingerprint density at radius 2 is 1.11 bits per heavy atom. The zero-order chi connectivity index (χ0) is 28.1. The lowest BCUT2D eigenvalue weighted by atomic mass is 10.0. The number of sulfone groups is 1. The van der Waals surface area contributed by atoms with E-state index in [2.05, 4.69) is 0 Å². The van der Waals surface area contributed by atoms with Crippen molar-refractivity contribution >= 4 is 46.0 Å². The normalized spacial score (nSPS) is 12.9. The molecule has 0 spiro atoms. The first-order chi connectivity index (χ1) is 16.7. The molecule has 3 rings (SSSR count). The van der Waals surface area contributed by atoms with Crippen molar-refractivity contribution in [3.05, 3.63) is 77.4 Å². The Morgan fingerprint density at radius 1 is 0.595 bits per heavy atom. The van der Waals surface area contributed by atoms with Crippen LogP contribution in [0.2, 0.25) is 0 Å². The predicted molar refractivity (Wildman–Crippen MR) is 118 cm³/mol. The molecule has 0 atom stereocenters. The summed E-state index contributed by atoms with van der Waals surface area (Å²) in [6.45, 7) is 0. The maximum absolute atomic E-state index is 14.0. The molecule has 0 radical (unpaired) electrons. The third-order valence-electron chi connectivity index (χ3n) is 4.73. The van der Waals surface area contributed by atoms with Gasteiger partial charge in [-0.15, -0.1) is 0 Å². The highest BCUT2D eigenvalue weighted by Gasteiger charge is 2.34. The summed E-state index contributed by atoms with van der Waals surface area (Å²) in [4.78, 5) is 5.75. The lowest BCUT2D eigenvalue weighted by Gasteiger charge is -2.13. The smallest absolute Gasteiger partial charge is 0.288 e. The van der Waals surface area contributed by atoms with E-state index in [9.17, 15) is 56.4 Å². The van der Waals surface area contributed by atoms with Crippen LogP contribution in [0.1, 0.15) is 15.9 Å². The van der Waals surface area contributed by atoms with Crippen molar-refractivity contribution < 1.29 is 60.9 Å². The zero-order valence-electron chi connectivity index (χ0n) is 17.6. The van der Waals surface area contributed by atoms with Gasteiger partial charge in [-0.3, -0.25) is 18.5 Å². The van der Waals surface area contributed by atoms with E-state index in [1.807, 2.05) is 0 Å². The average Bonchev–Trinajstić information content (AvgIpc) is 2.76. The molecule has 0 saturated heterocycles. The van der Waals surface area contributed by atoms with Crippen LogP contribution >= 0.6 is 0 Å². The largest absolute Gasteiger partial charge is 0.295 e. The molecule has 0 aliphatic heterocycles. The highest BCUT2D eigenvalue weighted by Crippen LogP contribution is 2.33. The summed E-state index contributed by atoms with van der Waals surface area (Å²) < 4.78 is 152. The van der Waals surface area contributed by atoms with Gasteiger partial charge in [0, 0.05) is 11.6 Å². The second kappa shape index (κ2) is 9.31. The fraction of sp³-hybridized carbons (Fsp3) is 0. The second-order valence-electron chi connectivity index (χ2n) is 7.15. The van der Waals surface area contributed by atoms with Crippen LogP contribution in [0.15, 0.2) is 79.1 Å². The predicted octanol–water partition coefficient (Wildman–Crippen LogP) is 1.77. The number of benzene rings is 3. The standard InChI is InChI=1S/C19H12F2O12S4/c20-11-2-4-13(14(21)8-11)19(22)10-1-5-15(17(7-10)36(28,29)30)34(23,24)16-6-3-12(35(25,26)27)9-18(16)37(31,32)33/h1-9H,(H,25,26,27)(H,28,29,30)(H,31,32,33). The molecule has 3 aromatic carbocycles. The lowest BCUT2D eigenvalue weighted by Crippen LogP contribution is -2.15. The van der Waals surface area contributed by atoms with E-state index in [4.69, 9.17) is 4.55 Å². The van der Waals surface area contributed by atoms with Gasteiger partial charge in [-0.05, 0) is 48.5 Å². The number of hydrogen-bond acceptors (Lipinski definition) is 9. The molecule has 37 heavy (non-hydrogen) atoms. The van der Waals surface area contributed by atoms with Crippen molar-refractivity contribution in [1.82, 2.24) is 0 Å². The van der Waals surface area contributed by atoms with E-state index in [1.165, 1.54) is 0 Å². The molecule has 0 aromatic heterocycles. The molecule has 12 nitrogen and oxygen atoms in total. The van der Waals surface area contributed by atoms with Crippen molar-refractivity contribution in [3.8, 4) is 0 Å². The van der Waals surface area contributed by atoms with Crippen LogP contribution in [-0.2, 0) is 40.2 Å². The molecule has 3 aromatic rings. The second-order valence-corrected chi connectivity index (χ2v) is 13.2. The van der Waals surface area contributed by atoms with E-state index in [1.54, 1.807) is 0 Å². The summed E-state index contributed by atoms with van der Waals surface area (Å²) in [6, 6.07) is 4.06. The SMILES string of the molecule is O=C(c1ccc(S(=O)(=O)c2ccc(S(=O)(=O)O)cc2S(=O)(=O)O)c(S(=O)(=O)O)c1)c1ccc(F)cc1F. The Bertz CT molecular complexity index is 1900. The van der Waals surface area contributed by atoms with Crippen molar-refractivity contribution in [3.63, 3.8) is 0 Å². The van der Waals surface area contributed by atoms with Crippen LogP contribution in [0.3, 0.4) is 0 Å². The van der Waals surface area contributed by atoms with Gasteiger partial charge >= 0.3 is 0 Å². The minimum atomic E-state index is -5.51. The first-order valence-corrected chi connectivity index (χ1v) is 15.0. The molecule has 198 valence electrons. The molecule has 0 aliphatic carbocycles. The number of rotatable bonds is 7. The molecule has 0 bridgehead atoms. The van der Waals surface area contributed by atoms with Crippen LogP contribution in [0.4, 0.5) is 8.78 Å². The molecule has 0 amide bonds. The Kier molecular flexibility index (Phi) is 7.16. The Morgan fingerprint density at radius 3 is 1.59 bits per heavy atom.